The summed E-state index contributed by atoms with van der Waals surface area (Å²) >= 11 is 0. The molecule has 0 saturated carbocycles. The Hall–Kier alpha value is -5.26. The third-order valence-corrected chi connectivity index (χ3v) is 9.72. The summed E-state index contributed by atoms with van der Waals surface area (Å²) in [5.41, 5.74) is 7.12. The van der Waals surface area contributed by atoms with Crippen LogP contribution in [-0.2, 0) is 25.7 Å². The van der Waals surface area contributed by atoms with Crippen molar-refractivity contribution in [1.82, 2.24) is 30.4 Å². The van der Waals surface area contributed by atoms with Crippen LogP contribution < -0.4 is 10.6 Å². The number of hydrogen-bond acceptors (Lipinski definition) is 7. The van der Waals surface area contributed by atoms with Crippen LogP contribution in [0.3, 0.4) is 0 Å². The van der Waals surface area contributed by atoms with Gasteiger partial charge in [-0.1, -0.05) is 76.2 Å². The van der Waals surface area contributed by atoms with Crippen molar-refractivity contribution < 1.29 is 23.9 Å². The van der Waals surface area contributed by atoms with E-state index in [2.05, 4.69) is 57.0 Å². The summed E-state index contributed by atoms with van der Waals surface area (Å²) in [4.78, 5) is 66.4. The van der Waals surface area contributed by atoms with E-state index in [1.54, 1.807) is 11.1 Å². The van der Waals surface area contributed by atoms with Crippen LogP contribution in [0.1, 0.15) is 58.3 Å². The molecule has 0 bridgehead atoms. The average Bonchev–Trinajstić information content (AvgIpc) is 3.90. The van der Waals surface area contributed by atoms with Gasteiger partial charge < -0.3 is 30.2 Å². The van der Waals surface area contributed by atoms with Gasteiger partial charge in [0.1, 0.15) is 24.5 Å². The van der Waals surface area contributed by atoms with Gasteiger partial charge in [0.05, 0.1) is 31.6 Å². The predicted octanol–water partition coefficient (Wildman–Crippen LogP) is 4.78. The summed E-state index contributed by atoms with van der Waals surface area (Å²) in [6, 6.07) is 15.4. The molecule has 0 radical (unpaired) electrons. The Morgan fingerprint density at radius 2 is 1.64 bits per heavy atom. The number of aromatic nitrogens is 2. The molecule has 3 aliphatic heterocycles. The van der Waals surface area contributed by atoms with E-state index in [1.165, 1.54) is 7.11 Å². The van der Waals surface area contributed by atoms with Gasteiger partial charge in [-0.15, -0.1) is 0 Å². The fourth-order valence-electron chi connectivity index (χ4n) is 6.89. The fraction of sp³-hybridized carbons (Fsp3) is 0.421. The number of carbonyl (C=O) groups is 4. The Morgan fingerprint density at radius 3 is 2.28 bits per heavy atom. The van der Waals surface area contributed by atoms with Gasteiger partial charge in [0.15, 0.2) is 0 Å². The van der Waals surface area contributed by atoms with Gasteiger partial charge in [-0.05, 0) is 52.5 Å². The maximum Gasteiger partial charge on any atom is 0.407 e. The number of ether oxygens (including phenoxy) is 1. The molecule has 1 aromatic heterocycles. The van der Waals surface area contributed by atoms with E-state index in [-0.39, 0.29) is 48.7 Å². The molecule has 262 valence electrons. The number of aliphatic imine (C=N–C) groups is 1. The first-order chi connectivity index (χ1) is 24.0. The number of nitrogens with zero attached hydrogens (tertiary/aromatic N) is 4. The zero-order chi connectivity index (χ0) is 35.5. The lowest BCUT2D eigenvalue weighted by Gasteiger charge is -2.33. The minimum atomic E-state index is -0.656. The smallest absolute Gasteiger partial charge is 0.407 e. The fourth-order valence-corrected chi connectivity index (χ4v) is 6.89. The number of carbonyl (C=O) groups excluding carboxylic acids is 4. The number of methoxy groups -OCH3 is 1. The number of allylic oxidation sites excluding steroid dienone is 1. The summed E-state index contributed by atoms with van der Waals surface area (Å²) in [7, 11) is 1.30. The van der Waals surface area contributed by atoms with Crippen LogP contribution >= 0.6 is 0 Å². The minimum Gasteiger partial charge on any atom is -0.453 e. The lowest BCUT2D eigenvalue weighted by molar-refractivity contribution is -0.146. The van der Waals surface area contributed by atoms with Gasteiger partial charge >= 0.3 is 6.09 Å². The third kappa shape index (κ3) is 7.34. The van der Waals surface area contributed by atoms with E-state index in [0.29, 0.717) is 18.8 Å². The number of rotatable bonds is 10. The van der Waals surface area contributed by atoms with Crippen molar-refractivity contribution in [2.45, 2.75) is 71.6 Å². The summed E-state index contributed by atoms with van der Waals surface area (Å²) in [6.07, 6.45) is 5.46. The van der Waals surface area contributed by atoms with Crippen molar-refractivity contribution in [2.24, 2.45) is 16.8 Å². The highest BCUT2D eigenvalue weighted by molar-refractivity contribution is 6.04. The number of piperazine rings is 1. The van der Waals surface area contributed by atoms with E-state index >= 15 is 0 Å². The summed E-state index contributed by atoms with van der Waals surface area (Å²) in [5.74, 6) is 0.199. The number of imidazole rings is 1. The lowest BCUT2D eigenvalue weighted by Crippen LogP contribution is -2.59. The number of alkyl carbamates (subject to hydrolysis) is 1. The van der Waals surface area contributed by atoms with Crippen molar-refractivity contribution >= 4 is 35.1 Å². The molecular weight excluding hydrogens is 634 g/mol. The molecule has 0 unspecified atom stereocenters. The molecule has 12 heteroatoms. The third-order valence-electron chi connectivity index (χ3n) is 9.72. The topological polar surface area (TPSA) is 149 Å². The predicted molar refractivity (Wildman–Crippen MR) is 191 cm³/mol. The highest BCUT2D eigenvalue weighted by Crippen LogP contribution is 2.32. The molecule has 4 amide bonds. The van der Waals surface area contributed by atoms with Crippen molar-refractivity contribution in [3.63, 3.8) is 0 Å². The van der Waals surface area contributed by atoms with Crippen molar-refractivity contribution in [3.8, 4) is 22.4 Å². The van der Waals surface area contributed by atoms with Crippen LogP contribution in [0.25, 0.3) is 28.0 Å². The standard InChI is InChI=1S/C38H45N7O5/c1-22(2)34-36(47)44(21-33(46)42-34)20-32-40-19-30(41-32)27-14-12-25(13-15-27)24-8-10-26(11-9-24)28-17-29(39-18-28)31-7-6-16-45(31)37(48)35(23(3)4)43-38(49)50-5/h8-15,18-19,22-23,31,34-35H,6-7,16-17,20-21H2,1-5H3,(H,40,41)(H,42,46)(H,43,49)/t31-,34-,35-/m0/s1. The van der Waals surface area contributed by atoms with Crippen LogP contribution in [0.5, 0.6) is 0 Å². The SMILES string of the molecule is COC(=O)N[C@H](C(=O)N1CCC[C@H]1C1=NC=C(c2ccc(-c3ccc(-c4cnc(CN5CC(=O)N[C@@H](C(C)C)C5=O)[nH]4)cc3)cc2)C1)C(C)C. The molecule has 6 rings (SSSR count). The second-order valence-corrected chi connectivity index (χ2v) is 13.9. The molecule has 4 heterocycles. The zero-order valence-corrected chi connectivity index (χ0v) is 29.2. The first kappa shape index (κ1) is 34.6. The van der Waals surface area contributed by atoms with Crippen LogP contribution in [-0.4, -0.2) is 87.6 Å². The van der Waals surface area contributed by atoms with Gasteiger partial charge in [-0.2, -0.15) is 0 Å². The van der Waals surface area contributed by atoms with E-state index < -0.39 is 18.2 Å². The van der Waals surface area contributed by atoms with E-state index in [1.807, 2.05) is 50.9 Å². The van der Waals surface area contributed by atoms with E-state index in [4.69, 9.17) is 9.73 Å². The van der Waals surface area contributed by atoms with Crippen molar-refractivity contribution in [2.75, 3.05) is 20.2 Å². The summed E-state index contributed by atoms with van der Waals surface area (Å²) < 4.78 is 4.75. The highest BCUT2D eigenvalue weighted by atomic mass is 16.5. The Morgan fingerprint density at radius 1 is 0.980 bits per heavy atom. The molecule has 3 aliphatic rings. The normalized spacial score (nSPS) is 19.8. The number of aromatic amines is 1. The van der Waals surface area contributed by atoms with Crippen molar-refractivity contribution in [1.29, 1.82) is 0 Å². The van der Waals surface area contributed by atoms with Gasteiger partial charge in [0.25, 0.3) is 0 Å². The van der Waals surface area contributed by atoms with Gasteiger partial charge in [-0.3, -0.25) is 19.4 Å². The molecule has 12 nitrogen and oxygen atoms in total. The Kier molecular flexibility index (Phi) is 10.2. The molecule has 2 fully saturated rings. The molecule has 2 saturated heterocycles. The molecule has 0 spiro atoms. The Balaban J connectivity index is 1.06. The van der Waals surface area contributed by atoms with Crippen LogP contribution in [0.15, 0.2) is 65.9 Å². The largest absolute Gasteiger partial charge is 0.453 e. The number of H-pyrrole nitrogens is 1. The quantitative estimate of drug-likeness (QED) is 0.281. The Labute approximate surface area is 292 Å². The lowest BCUT2D eigenvalue weighted by atomic mass is 9.95. The van der Waals surface area contributed by atoms with Crippen molar-refractivity contribution in [3.05, 3.63) is 72.3 Å². The van der Waals surface area contributed by atoms with Crippen LogP contribution in [0, 0.1) is 11.8 Å². The maximum absolute atomic E-state index is 13.5. The molecule has 3 atom stereocenters. The van der Waals surface area contributed by atoms with Gasteiger partial charge in [-0.25, -0.2) is 9.78 Å². The number of benzene rings is 2. The Bertz CT molecular complexity index is 1810. The number of hydrogen-bond donors (Lipinski definition) is 3. The number of amides is 4. The molecule has 3 N–H and O–H groups in total. The maximum atomic E-state index is 13.5. The van der Waals surface area contributed by atoms with E-state index in [0.717, 1.165) is 52.1 Å². The first-order valence-electron chi connectivity index (χ1n) is 17.3. The average molecular weight is 680 g/mol. The van der Waals surface area contributed by atoms with Crippen LogP contribution in [0.2, 0.25) is 0 Å². The van der Waals surface area contributed by atoms with Crippen LogP contribution in [0.4, 0.5) is 4.79 Å². The monoisotopic (exact) mass is 679 g/mol. The second-order valence-electron chi connectivity index (χ2n) is 13.9. The van der Waals surface area contributed by atoms with Gasteiger partial charge in [0.2, 0.25) is 17.7 Å². The molecular formula is C38H45N7O5. The highest BCUT2D eigenvalue weighted by Gasteiger charge is 2.38. The number of nitrogens with one attached hydrogen (secondary N) is 3. The molecule has 50 heavy (non-hydrogen) atoms. The molecule has 2 aromatic carbocycles. The number of likely N-dealkylation sites (tertiary alicyclic amines) is 1. The minimum absolute atomic E-state index is 0.00673. The summed E-state index contributed by atoms with van der Waals surface area (Å²) in [5, 5.41) is 5.49. The molecule has 0 aliphatic carbocycles. The van der Waals surface area contributed by atoms with E-state index in [9.17, 15) is 19.2 Å². The molecule has 3 aromatic rings. The van der Waals surface area contributed by atoms with Gasteiger partial charge in [0, 0.05) is 24.9 Å². The first-order valence-corrected chi connectivity index (χ1v) is 17.3. The zero-order valence-electron chi connectivity index (χ0n) is 29.2. The second kappa shape index (κ2) is 14.7. The summed E-state index contributed by atoms with van der Waals surface area (Å²) in [6.45, 7) is 8.56.